The van der Waals surface area contributed by atoms with Crippen LogP contribution in [0.1, 0.15) is 11.3 Å². The van der Waals surface area contributed by atoms with Gasteiger partial charge < -0.3 is 9.73 Å². The van der Waals surface area contributed by atoms with E-state index in [0.717, 1.165) is 16.8 Å². The van der Waals surface area contributed by atoms with E-state index in [4.69, 9.17) is 4.42 Å². The Bertz CT molecular complexity index is 896. The van der Waals surface area contributed by atoms with Gasteiger partial charge in [-0.1, -0.05) is 35.9 Å². The molecule has 1 N–H and O–H groups in total. The van der Waals surface area contributed by atoms with E-state index < -0.39 is 5.76 Å². The van der Waals surface area contributed by atoms with Crippen LogP contribution in [-0.4, -0.2) is 22.0 Å². The van der Waals surface area contributed by atoms with E-state index in [1.54, 1.807) is 12.4 Å². The first kappa shape index (κ1) is 16.7. The Hall–Kier alpha value is -3.15. The van der Waals surface area contributed by atoms with Gasteiger partial charge in [-0.2, -0.15) is 0 Å². The number of amides is 1. The highest BCUT2D eigenvalue weighted by Crippen LogP contribution is 2.18. The van der Waals surface area contributed by atoms with Crippen molar-refractivity contribution in [2.45, 2.75) is 19.9 Å². The third-order valence-electron chi connectivity index (χ3n) is 3.78. The van der Waals surface area contributed by atoms with Crippen LogP contribution < -0.4 is 11.1 Å². The lowest BCUT2D eigenvalue weighted by atomic mass is 10.1. The molecule has 25 heavy (non-hydrogen) atoms. The number of pyridine rings is 1. The Balaban J connectivity index is 1.58. The monoisotopic (exact) mass is 337 g/mol. The Kier molecular flexibility index (Phi) is 5.09. The maximum Gasteiger partial charge on any atom is 0.419 e. The second kappa shape index (κ2) is 7.61. The molecule has 0 atom stereocenters. The number of benzene rings is 1. The molecule has 0 aliphatic rings. The molecule has 1 aromatic carbocycles. The van der Waals surface area contributed by atoms with Crippen LogP contribution in [0.5, 0.6) is 0 Å². The van der Waals surface area contributed by atoms with Crippen LogP contribution in [0, 0.1) is 6.92 Å². The summed E-state index contributed by atoms with van der Waals surface area (Å²) in [6, 6.07) is 13.3. The molecule has 128 valence electrons. The van der Waals surface area contributed by atoms with E-state index in [9.17, 15) is 9.59 Å². The fourth-order valence-corrected chi connectivity index (χ4v) is 2.42. The molecule has 0 unspecified atom stereocenters. The van der Waals surface area contributed by atoms with Crippen molar-refractivity contribution in [2.75, 3.05) is 6.54 Å². The predicted molar refractivity (Wildman–Crippen MR) is 94.1 cm³/mol. The number of carbonyl (C=O) groups excluding carboxylic acids is 1. The van der Waals surface area contributed by atoms with E-state index >= 15 is 0 Å². The van der Waals surface area contributed by atoms with Crippen molar-refractivity contribution in [2.24, 2.45) is 0 Å². The number of rotatable bonds is 6. The lowest BCUT2D eigenvalue weighted by Gasteiger charge is -2.04. The fraction of sp³-hybridized carbons (Fsp3) is 0.211. The van der Waals surface area contributed by atoms with Gasteiger partial charge in [-0.3, -0.25) is 14.3 Å². The summed E-state index contributed by atoms with van der Waals surface area (Å²) in [7, 11) is 0. The lowest BCUT2D eigenvalue weighted by molar-refractivity contribution is -0.121. The van der Waals surface area contributed by atoms with Crippen LogP contribution in [0.3, 0.4) is 0 Å². The van der Waals surface area contributed by atoms with Crippen molar-refractivity contribution in [1.29, 1.82) is 0 Å². The van der Waals surface area contributed by atoms with Crippen molar-refractivity contribution in [3.05, 3.63) is 76.7 Å². The van der Waals surface area contributed by atoms with Gasteiger partial charge in [-0.05, 0) is 19.1 Å². The number of oxazole rings is 1. The van der Waals surface area contributed by atoms with Gasteiger partial charge in [0.25, 0.3) is 0 Å². The maximum absolute atomic E-state index is 12.0. The number of aromatic nitrogens is 2. The summed E-state index contributed by atoms with van der Waals surface area (Å²) >= 11 is 0. The molecule has 0 aliphatic carbocycles. The summed E-state index contributed by atoms with van der Waals surface area (Å²) in [5.41, 5.74) is 2.83. The summed E-state index contributed by atoms with van der Waals surface area (Å²) < 4.78 is 6.50. The van der Waals surface area contributed by atoms with E-state index in [2.05, 4.69) is 10.3 Å². The van der Waals surface area contributed by atoms with Gasteiger partial charge in [0.15, 0.2) is 5.76 Å². The summed E-state index contributed by atoms with van der Waals surface area (Å²) in [5, 5.41) is 2.78. The minimum Gasteiger partial charge on any atom is -0.408 e. The molecule has 0 spiro atoms. The van der Waals surface area contributed by atoms with Gasteiger partial charge in [0, 0.05) is 30.4 Å². The predicted octanol–water partition coefficient (Wildman–Crippen LogP) is 2.17. The van der Waals surface area contributed by atoms with E-state index in [-0.39, 0.29) is 12.5 Å². The normalized spacial score (nSPS) is 10.6. The van der Waals surface area contributed by atoms with Gasteiger partial charge >= 0.3 is 5.76 Å². The molecule has 0 saturated heterocycles. The zero-order chi connectivity index (χ0) is 17.6. The van der Waals surface area contributed by atoms with Crippen LogP contribution in [0.2, 0.25) is 0 Å². The van der Waals surface area contributed by atoms with E-state index in [1.807, 2.05) is 49.4 Å². The first-order chi connectivity index (χ1) is 12.1. The van der Waals surface area contributed by atoms with E-state index in [0.29, 0.717) is 18.7 Å². The SMILES string of the molecule is Cc1ccc(-c2cn(CC(=O)NCCc3ccccn3)c(=O)o2)cc1. The standard InChI is InChI=1S/C19H19N3O3/c1-14-5-7-15(8-6-14)17-12-22(19(24)25-17)13-18(23)21-11-9-16-4-2-3-10-20-16/h2-8,10,12H,9,11,13H2,1H3,(H,21,23). The molecule has 0 radical (unpaired) electrons. The van der Waals surface area contributed by atoms with E-state index in [1.165, 1.54) is 4.57 Å². The highest BCUT2D eigenvalue weighted by Gasteiger charge is 2.11. The highest BCUT2D eigenvalue weighted by atomic mass is 16.4. The van der Waals surface area contributed by atoms with Gasteiger partial charge in [-0.25, -0.2) is 4.79 Å². The molecular weight excluding hydrogens is 318 g/mol. The van der Waals surface area contributed by atoms with Crippen LogP contribution in [-0.2, 0) is 17.8 Å². The zero-order valence-electron chi connectivity index (χ0n) is 13.9. The number of aryl methyl sites for hydroxylation is 1. The first-order valence-electron chi connectivity index (χ1n) is 8.06. The van der Waals surface area contributed by atoms with Crippen LogP contribution in [0.25, 0.3) is 11.3 Å². The Morgan fingerprint density at radius 2 is 2.00 bits per heavy atom. The van der Waals surface area contributed by atoms with Crippen molar-refractivity contribution < 1.29 is 9.21 Å². The molecule has 0 saturated carbocycles. The van der Waals surface area contributed by atoms with Crippen molar-refractivity contribution in [1.82, 2.24) is 14.9 Å². The molecule has 6 heteroatoms. The van der Waals surface area contributed by atoms with Crippen LogP contribution in [0.4, 0.5) is 0 Å². The smallest absolute Gasteiger partial charge is 0.408 e. The second-order valence-electron chi connectivity index (χ2n) is 5.78. The summed E-state index contributed by atoms with van der Waals surface area (Å²) in [5.74, 6) is -0.337. The van der Waals surface area contributed by atoms with Crippen molar-refractivity contribution in [3.8, 4) is 11.3 Å². The number of carbonyl (C=O) groups is 1. The Labute approximate surface area is 145 Å². The molecule has 1 amide bonds. The minimum atomic E-state index is -0.546. The number of hydrogen-bond acceptors (Lipinski definition) is 4. The maximum atomic E-state index is 12.0. The Morgan fingerprint density at radius 3 is 2.72 bits per heavy atom. The van der Waals surface area contributed by atoms with Gasteiger partial charge in [0.05, 0.1) is 6.20 Å². The molecule has 0 fully saturated rings. The molecule has 6 nitrogen and oxygen atoms in total. The largest absolute Gasteiger partial charge is 0.419 e. The molecule has 0 aliphatic heterocycles. The average Bonchev–Trinajstić information content (AvgIpc) is 2.97. The number of nitrogens with one attached hydrogen (secondary N) is 1. The second-order valence-corrected chi connectivity index (χ2v) is 5.78. The lowest BCUT2D eigenvalue weighted by Crippen LogP contribution is -2.31. The van der Waals surface area contributed by atoms with Crippen LogP contribution >= 0.6 is 0 Å². The fourth-order valence-electron chi connectivity index (χ4n) is 2.42. The Morgan fingerprint density at radius 1 is 1.20 bits per heavy atom. The summed E-state index contributed by atoms with van der Waals surface area (Å²) in [6.45, 7) is 2.38. The molecule has 2 aromatic heterocycles. The zero-order valence-corrected chi connectivity index (χ0v) is 13.9. The molecular formula is C19H19N3O3. The number of nitrogens with zero attached hydrogens (tertiary/aromatic N) is 2. The summed E-state index contributed by atoms with van der Waals surface area (Å²) in [4.78, 5) is 28.1. The van der Waals surface area contributed by atoms with Crippen molar-refractivity contribution >= 4 is 5.91 Å². The summed E-state index contributed by atoms with van der Waals surface area (Å²) in [6.07, 6.45) is 3.92. The minimum absolute atomic E-state index is 0.0730. The third-order valence-corrected chi connectivity index (χ3v) is 3.78. The average molecular weight is 337 g/mol. The molecule has 3 aromatic rings. The third kappa shape index (κ3) is 4.44. The van der Waals surface area contributed by atoms with Crippen molar-refractivity contribution in [3.63, 3.8) is 0 Å². The molecule has 0 bridgehead atoms. The van der Waals surface area contributed by atoms with Crippen LogP contribution in [0.15, 0.2) is 64.1 Å². The van der Waals surface area contributed by atoms with Gasteiger partial charge in [0.2, 0.25) is 5.91 Å². The quantitative estimate of drug-likeness (QED) is 0.748. The highest BCUT2D eigenvalue weighted by molar-refractivity contribution is 5.75. The van der Waals surface area contributed by atoms with Gasteiger partial charge in [0.1, 0.15) is 6.54 Å². The molecule has 3 rings (SSSR count). The topological polar surface area (TPSA) is 77.1 Å². The first-order valence-corrected chi connectivity index (χ1v) is 8.06. The molecule has 2 heterocycles. The number of hydrogen-bond donors (Lipinski definition) is 1. The van der Waals surface area contributed by atoms with Gasteiger partial charge in [-0.15, -0.1) is 0 Å².